The summed E-state index contributed by atoms with van der Waals surface area (Å²) in [4.78, 5) is 32.8. The van der Waals surface area contributed by atoms with Gasteiger partial charge in [-0.25, -0.2) is 8.42 Å². The zero-order valence-corrected chi connectivity index (χ0v) is 18.1. The van der Waals surface area contributed by atoms with Gasteiger partial charge in [-0.15, -0.1) is 5.10 Å². The summed E-state index contributed by atoms with van der Waals surface area (Å²) in [5.41, 5.74) is -0.905. The molecule has 172 valence electrons. The highest BCUT2D eigenvalue weighted by atomic mass is 32.2. The number of anilines is 1. The molecule has 0 saturated carbocycles. The van der Waals surface area contributed by atoms with Gasteiger partial charge in [0, 0.05) is 12.1 Å². The van der Waals surface area contributed by atoms with Crippen LogP contribution >= 0.6 is 0 Å². The van der Waals surface area contributed by atoms with E-state index in [4.69, 9.17) is 4.42 Å². The van der Waals surface area contributed by atoms with Gasteiger partial charge < -0.3 is 4.42 Å². The number of rotatable bonds is 8. The molecule has 33 heavy (non-hydrogen) atoms. The molecule has 14 heteroatoms. The van der Waals surface area contributed by atoms with Crippen molar-refractivity contribution in [1.82, 2.24) is 10.2 Å². The Kier molecular flexibility index (Phi) is 6.48. The van der Waals surface area contributed by atoms with E-state index in [2.05, 4.69) is 15.5 Å². The molecule has 0 atom stereocenters. The number of hydrogen-bond donors (Lipinski definition) is 1. The van der Waals surface area contributed by atoms with Gasteiger partial charge in [-0.1, -0.05) is 17.2 Å². The van der Waals surface area contributed by atoms with Crippen molar-refractivity contribution in [2.45, 2.75) is 30.4 Å². The van der Waals surface area contributed by atoms with Crippen molar-refractivity contribution in [3.05, 3.63) is 79.7 Å². The van der Waals surface area contributed by atoms with Gasteiger partial charge in [-0.3, -0.25) is 30.3 Å². The number of carbonyl (C=O) groups is 1. The van der Waals surface area contributed by atoms with Gasteiger partial charge in [0.25, 0.3) is 17.3 Å². The highest BCUT2D eigenvalue weighted by Gasteiger charge is 2.22. The third-order valence-corrected chi connectivity index (χ3v) is 6.67. The molecule has 0 fully saturated rings. The van der Waals surface area contributed by atoms with E-state index in [0.717, 1.165) is 18.2 Å². The zero-order valence-electron chi connectivity index (χ0n) is 17.3. The second-order valence-corrected chi connectivity index (χ2v) is 9.63. The molecule has 3 aromatic rings. The van der Waals surface area contributed by atoms with Crippen molar-refractivity contribution in [1.29, 1.82) is 0 Å². The molecule has 0 aliphatic heterocycles. The van der Waals surface area contributed by atoms with E-state index >= 15 is 0 Å². The van der Waals surface area contributed by atoms with E-state index in [0.29, 0.717) is 5.56 Å². The molecule has 3 rings (SSSR count). The molecule has 0 radical (unpaired) electrons. The van der Waals surface area contributed by atoms with Gasteiger partial charge in [0.1, 0.15) is 0 Å². The highest BCUT2D eigenvalue weighted by molar-refractivity contribution is 7.92. The van der Waals surface area contributed by atoms with E-state index < -0.39 is 42.2 Å². The molecule has 0 aliphatic carbocycles. The third-order valence-electron chi connectivity index (χ3n) is 4.50. The maximum atomic E-state index is 12.4. The third kappa shape index (κ3) is 5.35. The number of carbonyl (C=O) groups excluding carboxylic acids is 1. The number of aromatic nitrogens is 2. The fraction of sp³-hybridized carbons (Fsp3) is 0.211. The van der Waals surface area contributed by atoms with E-state index in [1.165, 1.54) is 12.1 Å². The van der Waals surface area contributed by atoms with Crippen LogP contribution in [0.1, 0.15) is 35.7 Å². The first-order valence-electron chi connectivity index (χ1n) is 9.38. The lowest BCUT2D eigenvalue weighted by Crippen LogP contribution is -2.13. The van der Waals surface area contributed by atoms with Crippen LogP contribution in [-0.2, 0) is 16.3 Å². The van der Waals surface area contributed by atoms with Crippen molar-refractivity contribution in [2.24, 2.45) is 0 Å². The summed E-state index contributed by atoms with van der Waals surface area (Å²) in [5.74, 6) is -0.810. The first kappa shape index (κ1) is 23.5. The minimum Gasteiger partial charge on any atom is -0.407 e. The van der Waals surface area contributed by atoms with Crippen molar-refractivity contribution in [3.8, 4) is 0 Å². The second kappa shape index (κ2) is 9.12. The minimum absolute atomic E-state index is 0.106. The average molecular weight is 475 g/mol. The number of non-ortho nitro benzene ring substituents is 2. The van der Waals surface area contributed by atoms with Gasteiger partial charge in [-0.2, -0.15) is 0 Å². The first-order chi connectivity index (χ1) is 15.5. The lowest BCUT2D eigenvalue weighted by molar-refractivity contribution is -0.394. The quantitative estimate of drug-likeness (QED) is 0.374. The van der Waals surface area contributed by atoms with Gasteiger partial charge in [0.05, 0.1) is 38.0 Å². The van der Waals surface area contributed by atoms with E-state index in [1.807, 2.05) is 0 Å². The van der Waals surface area contributed by atoms with Crippen LogP contribution in [0.2, 0.25) is 0 Å². The van der Waals surface area contributed by atoms with Crippen molar-refractivity contribution in [3.63, 3.8) is 0 Å². The van der Waals surface area contributed by atoms with E-state index in [9.17, 15) is 33.4 Å². The average Bonchev–Trinajstić information content (AvgIpc) is 3.20. The molecule has 1 amide bonds. The lowest BCUT2D eigenvalue weighted by Gasteiger charge is -2.08. The Labute approximate surface area is 186 Å². The Morgan fingerprint density at radius 1 is 1.03 bits per heavy atom. The van der Waals surface area contributed by atoms with Gasteiger partial charge in [0.15, 0.2) is 9.84 Å². The minimum atomic E-state index is -3.40. The smallest absolute Gasteiger partial charge is 0.322 e. The number of benzene rings is 2. The van der Waals surface area contributed by atoms with Crippen LogP contribution < -0.4 is 5.32 Å². The van der Waals surface area contributed by atoms with Crippen LogP contribution in [0.5, 0.6) is 0 Å². The van der Waals surface area contributed by atoms with Crippen LogP contribution in [0.3, 0.4) is 0 Å². The van der Waals surface area contributed by atoms with Crippen LogP contribution in [0.25, 0.3) is 0 Å². The summed E-state index contributed by atoms with van der Waals surface area (Å²) >= 11 is 0. The highest BCUT2D eigenvalue weighted by Crippen LogP contribution is 2.24. The van der Waals surface area contributed by atoms with Crippen LogP contribution in [-0.4, -0.2) is 39.6 Å². The Morgan fingerprint density at radius 3 is 2.12 bits per heavy atom. The SMILES string of the molecule is CC(C)S(=O)(=O)c1ccc(Cc2nnc(NC(=O)c3cc([N+](=O)[O-])cc([N+](=O)[O-])c3)o2)cc1. The molecule has 0 aliphatic rings. The number of sulfone groups is 1. The van der Waals surface area contributed by atoms with Crippen molar-refractivity contribution >= 4 is 33.1 Å². The molecule has 1 aromatic heterocycles. The summed E-state index contributed by atoms with van der Waals surface area (Å²) in [7, 11) is -3.40. The van der Waals surface area contributed by atoms with Crippen LogP contribution in [0.4, 0.5) is 17.4 Å². The molecule has 13 nitrogen and oxygen atoms in total. The van der Waals surface area contributed by atoms with E-state index in [-0.39, 0.29) is 28.8 Å². The van der Waals surface area contributed by atoms with Gasteiger partial charge in [0.2, 0.25) is 5.89 Å². The maximum absolute atomic E-state index is 12.4. The Bertz CT molecular complexity index is 1300. The maximum Gasteiger partial charge on any atom is 0.322 e. The molecule has 0 bridgehead atoms. The number of hydrogen-bond acceptors (Lipinski definition) is 10. The summed E-state index contributed by atoms with van der Waals surface area (Å²) in [5, 5.41) is 31.1. The summed E-state index contributed by atoms with van der Waals surface area (Å²) in [6, 6.07) is 8.32. The predicted molar refractivity (Wildman–Crippen MR) is 114 cm³/mol. The molecular formula is C19H17N5O8S. The molecule has 1 heterocycles. The van der Waals surface area contributed by atoms with Gasteiger partial charge in [-0.05, 0) is 31.5 Å². The number of nitro groups is 2. The largest absolute Gasteiger partial charge is 0.407 e. The van der Waals surface area contributed by atoms with Crippen molar-refractivity contribution < 1.29 is 27.5 Å². The normalized spacial score (nSPS) is 11.4. The lowest BCUT2D eigenvalue weighted by atomic mass is 10.1. The van der Waals surface area contributed by atoms with Crippen LogP contribution in [0.15, 0.2) is 51.8 Å². The number of nitrogens with zero attached hydrogens (tertiary/aromatic N) is 4. The molecule has 2 aromatic carbocycles. The van der Waals surface area contributed by atoms with Crippen molar-refractivity contribution in [2.75, 3.05) is 5.32 Å². The number of amides is 1. The first-order valence-corrected chi connectivity index (χ1v) is 10.9. The Balaban J connectivity index is 1.73. The Hall–Kier alpha value is -4.20. The van der Waals surface area contributed by atoms with Crippen LogP contribution in [0, 0.1) is 20.2 Å². The number of nitro benzene ring substituents is 2. The summed E-state index contributed by atoms with van der Waals surface area (Å²) in [6.45, 7) is 3.17. The topological polar surface area (TPSA) is 188 Å². The zero-order chi connectivity index (χ0) is 24.3. The predicted octanol–water partition coefficient (Wildman–Crippen LogP) is 2.91. The molecular weight excluding hydrogens is 458 g/mol. The molecule has 1 N–H and O–H groups in total. The monoisotopic (exact) mass is 475 g/mol. The summed E-state index contributed by atoms with van der Waals surface area (Å²) in [6.07, 6.45) is 0.146. The summed E-state index contributed by atoms with van der Waals surface area (Å²) < 4.78 is 29.7. The fourth-order valence-corrected chi connectivity index (χ4v) is 3.79. The molecule has 0 saturated heterocycles. The molecule has 0 unspecified atom stereocenters. The fourth-order valence-electron chi connectivity index (χ4n) is 2.73. The number of nitrogens with one attached hydrogen (secondary N) is 1. The Morgan fingerprint density at radius 2 is 1.61 bits per heavy atom. The standard InChI is InChI=1S/C19H17N5O8S/c1-11(2)33(30,31)16-5-3-12(4-6-16)7-17-21-22-19(32-17)20-18(25)13-8-14(23(26)27)10-15(9-13)24(28)29/h3-6,8-11H,7H2,1-2H3,(H,20,22,25). The van der Waals surface area contributed by atoms with E-state index in [1.54, 1.807) is 26.0 Å². The molecule has 0 spiro atoms. The van der Waals surface area contributed by atoms with Gasteiger partial charge >= 0.3 is 6.01 Å². The second-order valence-electron chi connectivity index (χ2n) is 7.12.